The number of nitrogens with one attached hydrogen (secondary N) is 2. The van der Waals surface area contributed by atoms with Gasteiger partial charge in [0.25, 0.3) is 0 Å². The molecular formula is C26H36ClN3O5. The molecule has 3 N–H and O–H groups in total. The summed E-state index contributed by atoms with van der Waals surface area (Å²) < 4.78 is 6.59. The van der Waals surface area contributed by atoms with Gasteiger partial charge in [-0.2, -0.15) is 0 Å². The van der Waals surface area contributed by atoms with Gasteiger partial charge in [-0.3, -0.25) is 14.4 Å². The summed E-state index contributed by atoms with van der Waals surface area (Å²) in [5.41, 5.74) is -1.54. The largest absolute Gasteiger partial charge is 0.394 e. The van der Waals surface area contributed by atoms with Crippen molar-refractivity contribution in [2.75, 3.05) is 18.5 Å². The van der Waals surface area contributed by atoms with Crippen LogP contribution < -0.4 is 10.6 Å². The van der Waals surface area contributed by atoms with Gasteiger partial charge in [0, 0.05) is 6.54 Å². The third-order valence-electron chi connectivity index (χ3n) is 7.77. The lowest BCUT2D eigenvalue weighted by Gasteiger charge is -2.37. The summed E-state index contributed by atoms with van der Waals surface area (Å²) in [5.74, 6) is -2.25. The van der Waals surface area contributed by atoms with E-state index in [0.717, 1.165) is 6.42 Å². The zero-order valence-electron chi connectivity index (χ0n) is 20.8. The van der Waals surface area contributed by atoms with Gasteiger partial charge in [-0.05, 0) is 50.7 Å². The summed E-state index contributed by atoms with van der Waals surface area (Å²) in [6, 6.07) is 5.35. The van der Waals surface area contributed by atoms with Crippen molar-refractivity contribution in [1.29, 1.82) is 0 Å². The molecule has 1 spiro atoms. The monoisotopic (exact) mass is 505 g/mol. The van der Waals surface area contributed by atoms with Crippen LogP contribution in [0.3, 0.4) is 0 Å². The Balaban J connectivity index is 1.77. The third-order valence-corrected chi connectivity index (χ3v) is 8.10. The highest BCUT2D eigenvalue weighted by atomic mass is 35.5. The first-order valence-corrected chi connectivity index (χ1v) is 12.9. The minimum atomic E-state index is -1.14. The number of fused-ring (bicyclic) bond motifs is 1. The van der Waals surface area contributed by atoms with E-state index in [-0.39, 0.29) is 24.3 Å². The lowest BCUT2D eigenvalue weighted by Crippen LogP contribution is -2.56. The highest BCUT2D eigenvalue weighted by Crippen LogP contribution is 2.63. The van der Waals surface area contributed by atoms with Crippen molar-refractivity contribution in [2.45, 2.75) is 76.7 Å². The maximum Gasteiger partial charge on any atom is 0.250 e. The molecule has 0 radical (unpaired) electrons. The standard InChI is InChI=1S/C26H36ClN3O5/c1-5-12-28-22(32)19-20-24(34)30(16(14-31)13-15(2)3)21(26(20)11-10-25(19,4)35-26)23(33)29-18-9-7-6-8-17(18)27/h6-9,15-16,19-21,31H,5,10-14H2,1-4H3,(H,28,32)(H,29,33)/t16-,19-,20+,21?,25+,26?/m1/s1. The lowest BCUT2D eigenvalue weighted by molar-refractivity contribution is -0.148. The molecule has 6 atom stereocenters. The van der Waals surface area contributed by atoms with E-state index in [0.29, 0.717) is 36.5 Å². The molecule has 0 aliphatic carbocycles. The molecule has 1 aromatic rings. The number of anilines is 1. The van der Waals surface area contributed by atoms with E-state index in [1.54, 1.807) is 24.3 Å². The topological polar surface area (TPSA) is 108 Å². The molecule has 3 aliphatic rings. The van der Waals surface area contributed by atoms with Crippen LogP contribution in [0.4, 0.5) is 5.69 Å². The first-order chi connectivity index (χ1) is 16.6. The van der Waals surface area contributed by atoms with E-state index in [9.17, 15) is 19.5 Å². The van der Waals surface area contributed by atoms with Crippen LogP contribution >= 0.6 is 11.6 Å². The first-order valence-electron chi connectivity index (χ1n) is 12.6. The van der Waals surface area contributed by atoms with Crippen LogP contribution in [0.2, 0.25) is 5.02 Å². The van der Waals surface area contributed by atoms with Crippen molar-refractivity contribution < 1.29 is 24.2 Å². The predicted octanol–water partition coefficient (Wildman–Crippen LogP) is 2.98. The van der Waals surface area contributed by atoms with Crippen molar-refractivity contribution in [1.82, 2.24) is 10.2 Å². The zero-order valence-corrected chi connectivity index (χ0v) is 21.6. The van der Waals surface area contributed by atoms with Crippen LogP contribution in [0.5, 0.6) is 0 Å². The second kappa shape index (κ2) is 9.71. The number of hydrogen-bond donors (Lipinski definition) is 3. The van der Waals surface area contributed by atoms with Gasteiger partial charge in [-0.25, -0.2) is 0 Å². The molecule has 2 bridgehead atoms. The van der Waals surface area contributed by atoms with Crippen LogP contribution in [0, 0.1) is 17.8 Å². The smallest absolute Gasteiger partial charge is 0.250 e. The summed E-state index contributed by atoms with van der Waals surface area (Å²) in [6.07, 6.45) is 2.34. The van der Waals surface area contributed by atoms with E-state index in [1.165, 1.54) is 4.90 Å². The quantitative estimate of drug-likeness (QED) is 0.478. The average molecular weight is 506 g/mol. The van der Waals surface area contributed by atoms with Gasteiger partial charge < -0.3 is 25.4 Å². The van der Waals surface area contributed by atoms with E-state index in [4.69, 9.17) is 16.3 Å². The molecule has 4 rings (SSSR count). The van der Waals surface area contributed by atoms with Crippen LogP contribution in [-0.2, 0) is 19.1 Å². The summed E-state index contributed by atoms with van der Waals surface area (Å²) >= 11 is 6.30. The molecule has 0 aromatic heterocycles. The van der Waals surface area contributed by atoms with Crippen molar-refractivity contribution >= 4 is 35.0 Å². The zero-order chi connectivity index (χ0) is 25.5. The van der Waals surface area contributed by atoms with Crippen molar-refractivity contribution in [3.05, 3.63) is 29.3 Å². The Labute approximate surface area is 211 Å². The Hall–Kier alpha value is -2.16. The number of hydrogen-bond acceptors (Lipinski definition) is 5. The Kier molecular flexibility index (Phi) is 7.19. The second-order valence-electron chi connectivity index (χ2n) is 10.7. The molecule has 3 saturated heterocycles. The number of aliphatic hydroxyl groups is 1. The van der Waals surface area contributed by atoms with Gasteiger partial charge in [-0.1, -0.05) is 44.5 Å². The number of aliphatic hydroxyl groups excluding tert-OH is 1. The number of rotatable bonds is 9. The molecule has 3 heterocycles. The third kappa shape index (κ3) is 4.23. The number of para-hydroxylation sites is 1. The van der Waals surface area contributed by atoms with E-state index in [1.807, 2.05) is 27.7 Å². The van der Waals surface area contributed by atoms with Gasteiger partial charge >= 0.3 is 0 Å². The SMILES string of the molecule is CCCNC(=O)[C@H]1[C@H]2C(=O)N([C@@H](CO)CC(C)C)C(C(=O)Nc3ccccc3Cl)C23CC[C@]1(C)O3. The number of carbonyl (C=O) groups is 3. The first kappa shape index (κ1) is 25.9. The molecule has 2 unspecified atom stereocenters. The Morgan fingerprint density at radius 2 is 1.97 bits per heavy atom. The summed E-state index contributed by atoms with van der Waals surface area (Å²) in [6.45, 7) is 8.07. The number of amides is 3. The molecule has 8 nitrogen and oxygen atoms in total. The maximum absolute atomic E-state index is 14.1. The number of nitrogens with zero attached hydrogens (tertiary/aromatic N) is 1. The predicted molar refractivity (Wildman–Crippen MR) is 133 cm³/mol. The van der Waals surface area contributed by atoms with Gasteiger partial charge in [0.2, 0.25) is 17.7 Å². The van der Waals surface area contributed by atoms with Gasteiger partial charge in [0.05, 0.1) is 40.8 Å². The number of carbonyl (C=O) groups excluding carboxylic acids is 3. The van der Waals surface area contributed by atoms with Crippen LogP contribution in [0.1, 0.15) is 53.4 Å². The average Bonchev–Trinajstić information content (AvgIpc) is 3.38. The fraction of sp³-hybridized carbons (Fsp3) is 0.654. The van der Waals surface area contributed by atoms with E-state index < -0.39 is 41.0 Å². The Morgan fingerprint density at radius 1 is 1.26 bits per heavy atom. The second-order valence-corrected chi connectivity index (χ2v) is 11.1. The summed E-state index contributed by atoms with van der Waals surface area (Å²) in [4.78, 5) is 42.7. The van der Waals surface area contributed by atoms with Crippen LogP contribution in [0.25, 0.3) is 0 Å². The van der Waals surface area contributed by atoms with E-state index >= 15 is 0 Å². The molecule has 3 amide bonds. The summed E-state index contributed by atoms with van der Waals surface area (Å²) in [7, 11) is 0. The minimum Gasteiger partial charge on any atom is -0.394 e. The summed E-state index contributed by atoms with van der Waals surface area (Å²) in [5, 5.41) is 16.5. The number of benzene rings is 1. The number of ether oxygens (including phenoxy) is 1. The maximum atomic E-state index is 14.1. The molecule has 0 saturated carbocycles. The van der Waals surface area contributed by atoms with Crippen LogP contribution in [0.15, 0.2) is 24.3 Å². The fourth-order valence-electron chi connectivity index (χ4n) is 6.40. The fourth-order valence-corrected chi connectivity index (χ4v) is 6.58. The highest BCUT2D eigenvalue weighted by Gasteiger charge is 2.78. The minimum absolute atomic E-state index is 0.184. The van der Waals surface area contributed by atoms with Gasteiger partial charge in [0.1, 0.15) is 11.6 Å². The van der Waals surface area contributed by atoms with Crippen molar-refractivity contribution in [3.8, 4) is 0 Å². The lowest BCUT2D eigenvalue weighted by atomic mass is 9.66. The highest BCUT2D eigenvalue weighted by molar-refractivity contribution is 6.33. The molecule has 9 heteroatoms. The molecule has 1 aromatic carbocycles. The molecule has 192 valence electrons. The van der Waals surface area contributed by atoms with Crippen molar-refractivity contribution in [3.63, 3.8) is 0 Å². The molecule has 3 fully saturated rings. The molecule has 3 aliphatic heterocycles. The number of likely N-dealkylation sites (tertiary alicyclic amines) is 1. The van der Waals surface area contributed by atoms with E-state index in [2.05, 4.69) is 10.6 Å². The van der Waals surface area contributed by atoms with Gasteiger partial charge in [-0.15, -0.1) is 0 Å². The Bertz CT molecular complexity index is 1000. The molecular weight excluding hydrogens is 470 g/mol. The van der Waals surface area contributed by atoms with Gasteiger partial charge in [0.15, 0.2) is 0 Å². The normalized spacial score (nSPS) is 32.1. The van der Waals surface area contributed by atoms with Crippen LogP contribution in [-0.4, -0.2) is 64.2 Å². The Morgan fingerprint density at radius 3 is 2.60 bits per heavy atom. The number of halogens is 1. The van der Waals surface area contributed by atoms with Crippen molar-refractivity contribution in [2.24, 2.45) is 17.8 Å². The molecule has 35 heavy (non-hydrogen) atoms.